The Kier molecular flexibility index (Phi) is 7.53. The van der Waals surface area contributed by atoms with Crippen LogP contribution in [0.2, 0.25) is 5.02 Å². The van der Waals surface area contributed by atoms with Gasteiger partial charge in [0, 0.05) is 5.56 Å². The average Bonchev–Trinajstić information content (AvgIpc) is 2.84. The molecule has 7 heteroatoms. The minimum absolute atomic E-state index is 0.0561. The number of sulfonamides is 1. The summed E-state index contributed by atoms with van der Waals surface area (Å²) in [6.07, 6.45) is 5.31. The normalized spacial score (nSPS) is 14.2. The van der Waals surface area contributed by atoms with Crippen LogP contribution in [0, 0.1) is 13.8 Å². The Bertz CT molecular complexity index is 1370. The average molecular weight is 511 g/mol. The minimum atomic E-state index is -3.99. The zero-order valence-electron chi connectivity index (χ0n) is 20.3. The van der Waals surface area contributed by atoms with E-state index in [1.807, 2.05) is 32.9 Å². The molecular weight excluding hydrogens is 480 g/mol. The van der Waals surface area contributed by atoms with Crippen molar-refractivity contribution in [1.82, 2.24) is 5.32 Å². The van der Waals surface area contributed by atoms with Gasteiger partial charge in [0.2, 0.25) is 0 Å². The van der Waals surface area contributed by atoms with Crippen LogP contribution in [-0.2, 0) is 22.9 Å². The van der Waals surface area contributed by atoms with Gasteiger partial charge in [0.1, 0.15) is 4.90 Å². The number of carbonyl (C=O) groups excluding carboxylic acids is 1. The summed E-state index contributed by atoms with van der Waals surface area (Å²) in [6.45, 7) is 5.80. The molecule has 0 heterocycles. The molecule has 35 heavy (non-hydrogen) atoms. The fraction of sp³-hybridized carbons (Fsp3) is 0.321. The van der Waals surface area contributed by atoms with E-state index in [1.165, 1.54) is 36.1 Å². The van der Waals surface area contributed by atoms with Crippen molar-refractivity contribution in [3.05, 3.63) is 93.0 Å². The fourth-order valence-corrected chi connectivity index (χ4v) is 6.27. The molecular formula is C28H31ClN2O3S. The highest BCUT2D eigenvalue weighted by Crippen LogP contribution is 2.29. The van der Waals surface area contributed by atoms with E-state index in [0.717, 1.165) is 36.0 Å². The summed E-state index contributed by atoms with van der Waals surface area (Å²) in [4.78, 5) is 13.0. The van der Waals surface area contributed by atoms with Crippen molar-refractivity contribution >= 4 is 33.2 Å². The molecule has 3 aromatic carbocycles. The highest BCUT2D eigenvalue weighted by atomic mass is 35.5. The standard InChI is InChI=1S/C28H31ClN2O3S/c1-4-25(22-11-10-20-7-5-6-8-21(20)16-22)30-28(32)23-12-13-24(29)27(17-23)35(33,34)31-26-14-9-18(2)15-19(26)3/h9-17,25,31H,4-8H2,1-3H3,(H,30,32). The zero-order valence-corrected chi connectivity index (χ0v) is 21.9. The van der Waals surface area contributed by atoms with Crippen molar-refractivity contribution in [1.29, 1.82) is 0 Å². The van der Waals surface area contributed by atoms with Crippen molar-refractivity contribution in [3.63, 3.8) is 0 Å². The lowest BCUT2D eigenvalue weighted by Gasteiger charge is -2.22. The molecule has 1 aliphatic carbocycles. The molecule has 1 atom stereocenters. The molecule has 0 aromatic heterocycles. The number of halogens is 1. The third-order valence-corrected chi connectivity index (χ3v) is 8.44. The smallest absolute Gasteiger partial charge is 0.263 e. The van der Waals surface area contributed by atoms with Gasteiger partial charge in [-0.1, -0.05) is 54.4 Å². The predicted molar refractivity (Wildman–Crippen MR) is 142 cm³/mol. The van der Waals surface area contributed by atoms with E-state index >= 15 is 0 Å². The first-order valence-corrected chi connectivity index (χ1v) is 13.9. The lowest BCUT2D eigenvalue weighted by Crippen LogP contribution is -2.28. The van der Waals surface area contributed by atoms with Crippen LogP contribution in [0.1, 0.15) is 70.4 Å². The molecule has 4 rings (SSSR count). The van der Waals surface area contributed by atoms with Crippen LogP contribution in [0.4, 0.5) is 5.69 Å². The second-order valence-electron chi connectivity index (χ2n) is 9.24. The van der Waals surface area contributed by atoms with E-state index < -0.39 is 10.0 Å². The van der Waals surface area contributed by atoms with E-state index in [9.17, 15) is 13.2 Å². The van der Waals surface area contributed by atoms with Crippen molar-refractivity contribution in [2.45, 2.75) is 63.8 Å². The second kappa shape index (κ2) is 10.4. The Labute approximate surface area is 213 Å². The molecule has 0 spiro atoms. The molecule has 0 saturated carbocycles. The number of aryl methyl sites for hydroxylation is 4. The largest absolute Gasteiger partial charge is 0.345 e. The van der Waals surface area contributed by atoms with Crippen LogP contribution in [-0.4, -0.2) is 14.3 Å². The van der Waals surface area contributed by atoms with E-state index in [0.29, 0.717) is 5.69 Å². The Morgan fingerprint density at radius 3 is 2.43 bits per heavy atom. The third-order valence-electron chi connectivity index (χ3n) is 6.60. The van der Waals surface area contributed by atoms with Gasteiger partial charge in [0.15, 0.2) is 0 Å². The Morgan fingerprint density at radius 2 is 1.71 bits per heavy atom. The van der Waals surface area contributed by atoms with Crippen LogP contribution in [0.25, 0.3) is 0 Å². The first-order chi connectivity index (χ1) is 16.7. The quantitative estimate of drug-likeness (QED) is 0.380. The summed E-state index contributed by atoms with van der Waals surface area (Å²) >= 11 is 6.26. The lowest BCUT2D eigenvalue weighted by molar-refractivity contribution is 0.0935. The van der Waals surface area contributed by atoms with Gasteiger partial charge in [-0.25, -0.2) is 8.42 Å². The minimum Gasteiger partial charge on any atom is -0.345 e. The van der Waals surface area contributed by atoms with Gasteiger partial charge in [0.25, 0.3) is 15.9 Å². The number of anilines is 1. The van der Waals surface area contributed by atoms with E-state index in [1.54, 1.807) is 12.1 Å². The van der Waals surface area contributed by atoms with Gasteiger partial charge in [-0.05, 0) is 92.5 Å². The number of benzene rings is 3. The molecule has 1 aliphatic rings. The molecule has 0 bridgehead atoms. The van der Waals surface area contributed by atoms with E-state index in [2.05, 4.69) is 28.2 Å². The molecule has 184 valence electrons. The van der Waals surface area contributed by atoms with Gasteiger partial charge >= 0.3 is 0 Å². The van der Waals surface area contributed by atoms with Crippen molar-refractivity contribution in [2.24, 2.45) is 0 Å². The Morgan fingerprint density at radius 1 is 0.971 bits per heavy atom. The fourth-order valence-electron chi connectivity index (χ4n) is 4.61. The maximum atomic E-state index is 13.1. The van der Waals surface area contributed by atoms with Crippen LogP contribution >= 0.6 is 11.6 Å². The number of hydrogen-bond donors (Lipinski definition) is 2. The third kappa shape index (κ3) is 5.71. The highest BCUT2D eigenvalue weighted by molar-refractivity contribution is 7.92. The van der Waals surface area contributed by atoms with Gasteiger partial charge in [-0.3, -0.25) is 9.52 Å². The summed E-state index contributed by atoms with van der Waals surface area (Å²) in [5.74, 6) is -0.339. The van der Waals surface area contributed by atoms with E-state index in [4.69, 9.17) is 11.6 Å². The summed E-state index contributed by atoms with van der Waals surface area (Å²) in [5, 5.41) is 3.13. The first-order valence-electron chi connectivity index (χ1n) is 12.0. The molecule has 3 aromatic rings. The van der Waals surface area contributed by atoms with Crippen molar-refractivity contribution in [3.8, 4) is 0 Å². The monoisotopic (exact) mass is 510 g/mol. The second-order valence-corrected chi connectivity index (χ2v) is 11.3. The van der Waals surface area contributed by atoms with Crippen LogP contribution in [0.3, 0.4) is 0 Å². The SMILES string of the molecule is CCC(NC(=O)c1ccc(Cl)c(S(=O)(=O)Nc2ccc(C)cc2C)c1)c1ccc2c(c1)CCCC2. The van der Waals surface area contributed by atoms with Crippen molar-refractivity contribution in [2.75, 3.05) is 4.72 Å². The molecule has 5 nitrogen and oxygen atoms in total. The lowest BCUT2D eigenvalue weighted by atomic mass is 9.88. The van der Waals surface area contributed by atoms with Crippen LogP contribution in [0.15, 0.2) is 59.5 Å². The van der Waals surface area contributed by atoms with Crippen molar-refractivity contribution < 1.29 is 13.2 Å². The Balaban J connectivity index is 1.57. The molecule has 0 fully saturated rings. The summed E-state index contributed by atoms with van der Waals surface area (Å²) in [7, 11) is -3.99. The number of fused-ring (bicyclic) bond motifs is 1. The highest BCUT2D eigenvalue weighted by Gasteiger charge is 2.23. The zero-order chi connectivity index (χ0) is 25.2. The van der Waals surface area contributed by atoms with Crippen LogP contribution < -0.4 is 10.0 Å². The number of rotatable bonds is 7. The number of amides is 1. The predicted octanol–water partition coefficient (Wildman–Crippen LogP) is 6.52. The molecule has 2 N–H and O–H groups in total. The molecule has 0 aliphatic heterocycles. The topological polar surface area (TPSA) is 75.3 Å². The van der Waals surface area contributed by atoms with Gasteiger partial charge in [-0.15, -0.1) is 0 Å². The maximum Gasteiger partial charge on any atom is 0.263 e. The number of carbonyl (C=O) groups is 1. The molecule has 1 unspecified atom stereocenters. The first kappa shape index (κ1) is 25.3. The Hall–Kier alpha value is -2.83. The summed E-state index contributed by atoms with van der Waals surface area (Å²) < 4.78 is 28.9. The molecule has 0 saturated heterocycles. The molecule has 0 radical (unpaired) electrons. The maximum absolute atomic E-state index is 13.1. The van der Waals surface area contributed by atoms with E-state index in [-0.39, 0.29) is 27.4 Å². The van der Waals surface area contributed by atoms with Crippen LogP contribution in [0.5, 0.6) is 0 Å². The summed E-state index contributed by atoms with van der Waals surface area (Å²) in [6, 6.07) is 16.1. The summed E-state index contributed by atoms with van der Waals surface area (Å²) in [5.41, 5.74) is 6.37. The number of hydrogen-bond acceptors (Lipinski definition) is 3. The number of nitrogens with one attached hydrogen (secondary N) is 2. The van der Waals surface area contributed by atoms with Gasteiger partial charge < -0.3 is 5.32 Å². The molecule has 1 amide bonds. The van der Waals surface area contributed by atoms with Gasteiger partial charge in [-0.2, -0.15) is 0 Å². The van der Waals surface area contributed by atoms with Gasteiger partial charge in [0.05, 0.1) is 16.8 Å².